The van der Waals surface area contributed by atoms with Crippen LogP contribution in [0.4, 0.5) is 5.82 Å². The van der Waals surface area contributed by atoms with Crippen LogP contribution >= 0.6 is 0 Å². The van der Waals surface area contributed by atoms with Crippen LogP contribution < -0.4 is 15.4 Å². The first-order valence-corrected chi connectivity index (χ1v) is 10.3. The molecule has 0 radical (unpaired) electrons. The molecule has 2 unspecified atom stereocenters. The van der Waals surface area contributed by atoms with E-state index in [0.717, 1.165) is 41.7 Å². The number of pyridine rings is 1. The van der Waals surface area contributed by atoms with Crippen LogP contribution in [0.25, 0.3) is 0 Å². The second-order valence-corrected chi connectivity index (χ2v) is 7.66. The zero-order chi connectivity index (χ0) is 21.1. The molecule has 0 spiro atoms. The number of nitrogens with zero attached hydrogens (tertiary/aromatic N) is 2. The number of carbonyl (C=O) groups excluding carboxylic acids is 1. The quantitative estimate of drug-likeness (QED) is 0.754. The number of hydrogen-bond donors (Lipinski definition) is 2. The highest BCUT2D eigenvalue weighted by Gasteiger charge is 2.41. The summed E-state index contributed by atoms with van der Waals surface area (Å²) in [5, 5.41) is 6.38. The van der Waals surface area contributed by atoms with E-state index in [1.807, 2.05) is 43.6 Å². The van der Waals surface area contributed by atoms with Gasteiger partial charge in [0, 0.05) is 35.0 Å². The lowest BCUT2D eigenvalue weighted by molar-refractivity contribution is -0.117. The number of amides is 1. The molecule has 0 bridgehead atoms. The van der Waals surface area contributed by atoms with E-state index in [2.05, 4.69) is 34.4 Å². The smallest absolute Gasteiger partial charge is 0.228 e. The van der Waals surface area contributed by atoms with Gasteiger partial charge in [0.1, 0.15) is 17.1 Å². The number of aromatic nitrogens is 1. The number of benzene rings is 1. The molecule has 4 rings (SSSR count). The van der Waals surface area contributed by atoms with Gasteiger partial charge in [0.25, 0.3) is 0 Å². The predicted molar refractivity (Wildman–Crippen MR) is 118 cm³/mol. The Bertz CT molecular complexity index is 1030. The lowest BCUT2D eigenvalue weighted by Gasteiger charge is -2.38. The van der Waals surface area contributed by atoms with Crippen LogP contribution in [0.3, 0.4) is 0 Å². The van der Waals surface area contributed by atoms with Crippen molar-refractivity contribution in [1.29, 1.82) is 0 Å². The number of nitrogens with one attached hydrogen (secondary N) is 2. The maximum Gasteiger partial charge on any atom is 0.228 e. The fourth-order valence-corrected chi connectivity index (χ4v) is 3.79. The SMILES string of the molecule is CCC1N=Cc2cnc(NC(=O)C3CC3)cc2C1(C#Cc1ccc(OC)cc1)NC. The van der Waals surface area contributed by atoms with Crippen LogP contribution in [0.15, 0.2) is 41.5 Å². The third-order valence-corrected chi connectivity index (χ3v) is 5.73. The topological polar surface area (TPSA) is 75.6 Å². The number of carbonyl (C=O) groups is 1. The molecule has 1 aromatic carbocycles. The van der Waals surface area contributed by atoms with Crippen molar-refractivity contribution in [2.24, 2.45) is 10.9 Å². The molecule has 6 nitrogen and oxygen atoms in total. The van der Waals surface area contributed by atoms with E-state index >= 15 is 0 Å². The van der Waals surface area contributed by atoms with E-state index < -0.39 is 5.54 Å². The van der Waals surface area contributed by atoms with E-state index in [1.54, 1.807) is 13.3 Å². The average molecular weight is 402 g/mol. The first-order valence-electron chi connectivity index (χ1n) is 10.3. The fourth-order valence-electron chi connectivity index (χ4n) is 3.79. The molecule has 0 saturated heterocycles. The molecule has 2 atom stereocenters. The highest BCUT2D eigenvalue weighted by Crippen LogP contribution is 2.36. The van der Waals surface area contributed by atoms with Gasteiger partial charge in [-0.3, -0.25) is 15.1 Å². The number of ether oxygens (including phenoxy) is 1. The molecule has 1 amide bonds. The molecular weight excluding hydrogens is 376 g/mol. The standard InChI is InChI=1S/C24H26N4O2/c1-4-21-24(25-2,12-11-16-5-9-19(30-3)10-6-16)20-13-22(27-15-18(20)14-26-21)28-23(29)17-7-8-17/h5-6,9-10,13-15,17,21,25H,4,7-8H2,1-3H3,(H,27,28,29). The molecule has 1 fully saturated rings. The minimum absolute atomic E-state index is 0.0401. The normalized spacial score (nSPS) is 21.9. The summed E-state index contributed by atoms with van der Waals surface area (Å²) in [4.78, 5) is 21.4. The van der Waals surface area contributed by atoms with Gasteiger partial charge in [0.15, 0.2) is 0 Å². The van der Waals surface area contributed by atoms with Crippen LogP contribution in [0.5, 0.6) is 5.75 Å². The van der Waals surface area contributed by atoms with E-state index in [4.69, 9.17) is 9.73 Å². The van der Waals surface area contributed by atoms with Crippen molar-refractivity contribution in [3.63, 3.8) is 0 Å². The molecule has 2 aromatic rings. The van der Waals surface area contributed by atoms with Crippen molar-refractivity contribution < 1.29 is 9.53 Å². The summed E-state index contributed by atoms with van der Waals surface area (Å²) in [5.41, 5.74) is 2.10. The first-order chi connectivity index (χ1) is 14.6. The summed E-state index contributed by atoms with van der Waals surface area (Å²) in [6, 6.07) is 9.55. The molecule has 154 valence electrons. The maximum absolute atomic E-state index is 12.2. The van der Waals surface area contributed by atoms with Gasteiger partial charge in [-0.1, -0.05) is 18.8 Å². The Kier molecular flexibility index (Phi) is 5.56. The number of methoxy groups -OCH3 is 1. The van der Waals surface area contributed by atoms with Crippen molar-refractivity contribution in [3.05, 3.63) is 53.2 Å². The summed E-state index contributed by atoms with van der Waals surface area (Å²) in [6.07, 6.45) is 6.34. The second-order valence-electron chi connectivity index (χ2n) is 7.66. The third-order valence-electron chi connectivity index (χ3n) is 5.73. The fraction of sp³-hybridized carbons (Fsp3) is 0.375. The van der Waals surface area contributed by atoms with Crippen LogP contribution in [0.2, 0.25) is 0 Å². The average Bonchev–Trinajstić information content (AvgIpc) is 3.63. The molecule has 1 aromatic heterocycles. The molecule has 2 N–H and O–H groups in total. The molecule has 2 heterocycles. The summed E-state index contributed by atoms with van der Waals surface area (Å²) in [7, 11) is 3.55. The van der Waals surface area contributed by atoms with Crippen LogP contribution in [-0.2, 0) is 10.3 Å². The van der Waals surface area contributed by atoms with Crippen LogP contribution in [0, 0.1) is 17.8 Å². The van der Waals surface area contributed by atoms with Gasteiger partial charge < -0.3 is 10.1 Å². The van der Waals surface area contributed by atoms with Crippen LogP contribution in [0.1, 0.15) is 42.9 Å². The number of anilines is 1. The van der Waals surface area contributed by atoms with Gasteiger partial charge in [-0.05, 0) is 56.6 Å². The Labute approximate surface area is 177 Å². The molecular formula is C24H26N4O2. The lowest BCUT2D eigenvalue weighted by atomic mass is 9.78. The van der Waals surface area contributed by atoms with Crippen molar-refractivity contribution in [1.82, 2.24) is 10.3 Å². The van der Waals surface area contributed by atoms with E-state index in [9.17, 15) is 4.79 Å². The van der Waals surface area contributed by atoms with Gasteiger partial charge in [-0.25, -0.2) is 4.98 Å². The van der Waals surface area contributed by atoms with Gasteiger partial charge in [-0.2, -0.15) is 0 Å². The molecule has 30 heavy (non-hydrogen) atoms. The van der Waals surface area contributed by atoms with Gasteiger partial charge in [0.05, 0.1) is 13.2 Å². The molecule has 1 aliphatic heterocycles. The number of likely N-dealkylation sites (N-methyl/N-ethyl adjacent to an activating group) is 1. The Balaban J connectivity index is 1.74. The predicted octanol–water partition coefficient (Wildman–Crippen LogP) is 3.12. The zero-order valence-electron chi connectivity index (χ0n) is 17.5. The lowest BCUT2D eigenvalue weighted by Crippen LogP contribution is -2.50. The minimum atomic E-state index is -0.680. The Hall–Kier alpha value is -3.17. The number of aliphatic imine (C=N–C) groups is 1. The molecule has 1 aliphatic carbocycles. The number of fused-ring (bicyclic) bond motifs is 1. The Morgan fingerprint density at radius 2 is 2.07 bits per heavy atom. The minimum Gasteiger partial charge on any atom is -0.497 e. The molecule has 2 aliphatic rings. The van der Waals surface area contributed by atoms with Crippen LogP contribution in [-0.4, -0.2) is 37.3 Å². The van der Waals surface area contributed by atoms with E-state index in [0.29, 0.717) is 5.82 Å². The Morgan fingerprint density at radius 3 is 2.70 bits per heavy atom. The van der Waals surface area contributed by atoms with Crippen molar-refractivity contribution in [2.45, 2.75) is 37.8 Å². The van der Waals surface area contributed by atoms with Gasteiger partial charge in [0.2, 0.25) is 5.91 Å². The summed E-state index contributed by atoms with van der Waals surface area (Å²) >= 11 is 0. The second kappa shape index (κ2) is 8.29. The Morgan fingerprint density at radius 1 is 1.30 bits per heavy atom. The van der Waals surface area contributed by atoms with Gasteiger partial charge >= 0.3 is 0 Å². The van der Waals surface area contributed by atoms with Crippen molar-refractivity contribution >= 4 is 17.9 Å². The largest absolute Gasteiger partial charge is 0.497 e. The van der Waals surface area contributed by atoms with Gasteiger partial charge in [-0.15, -0.1) is 0 Å². The monoisotopic (exact) mass is 402 g/mol. The maximum atomic E-state index is 12.2. The third kappa shape index (κ3) is 3.81. The first kappa shape index (κ1) is 20.1. The molecule has 6 heteroatoms. The number of hydrogen-bond acceptors (Lipinski definition) is 5. The summed E-state index contributed by atoms with van der Waals surface area (Å²) < 4.78 is 5.23. The highest BCUT2D eigenvalue weighted by molar-refractivity contribution is 5.94. The number of rotatable bonds is 5. The zero-order valence-corrected chi connectivity index (χ0v) is 17.5. The van der Waals surface area contributed by atoms with E-state index in [-0.39, 0.29) is 17.9 Å². The van der Waals surface area contributed by atoms with Crippen molar-refractivity contribution in [2.75, 3.05) is 19.5 Å². The van der Waals surface area contributed by atoms with Crippen molar-refractivity contribution in [3.8, 4) is 17.6 Å². The molecule has 1 saturated carbocycles. The summed E-state index contributed by atoms with van der Waals surface area (Å²) in [5.74, 6) is 8.27. The van der Waals surface area contributed by atoms with E-state index in [1.165, 1.54) is 0 Å². The summed E-state index contributed by atoms with van der Waals surface area (Å²) in [6.45, 7) is 2.10. The highest BCUT2D eigenvalue weighted by atomic mass is 16.5.